The van der Waals surface area contributed by atoms with Gasteiger partial charge in [-0.3, -0.25) is 19.2 Å². The molecule has 2 saturated heterocycles. The second-order valence-electron chi connectivity index (χ2n) is 16.8. The summed E-state index contributed by atoms with van der Waals surface area (Å²) in [5.74, 6) is 0.634. The van der Waals surface area contributed by atoms with Crippen molar-refractivity contribution in [3.63, 3.8) is 0 Å². The maximum Gasteiger partial charge on any atom is 0.416 e. The van der Waals surface area contributed by atoms with Crippen LogP contribution < -0.4 is 20.4 Å². The van der Waals surface area contributed by atoms with E-state index < -0.39 is 17.6 Å². The van der Waals surface area contributed by atoms with Gasteiger partial charge in [0.1, 0.15) is 11.6 Å². The molecule has 2 aromatic heterocycles. The number of aromatic nitrogens is 2. The van der Waals surface area contributed by atoms with Gasteiger partial charge in [-0.25, -0.2) is 9.97 Å². The second-order valence-corrected chi connectivity index (χ2v) is 17.6. The van der Waals surface area contributed by atoms with Gasteiger partial charge in [0.25, 0.3) is 23.6 Å². The van der Waals surface area contributed by atoms with Gasteiger partial charge in [0.05, 0.1) is 27.3 Å². The number of hydrogen-bond acceptors (Lipinski definition) is 8. The fourth-order valence-corrected chi connectivity index (χ4v) is 8.50. The Bertz CT molecular complexity index is 2680. The SMILES string of the molecule is O=C(NCCCCc1ccccc1)c1ccc(N2CCN(C(=O)c3cccc(C(F)(F)F)c3)CC2)nc1.O=C(NCCc1ccccc1)c1ccc(N2CCN(C(=O)c3ccc(Cl)cc3Cl)CC2)nc1. The average Bonchev–Trinajstić information content (AvgIpc) is 3.39. The maximum absolute atomic E-state index is 13.0. The number of rotatable bonds is 14. The standard InChI is InChI=1S/C28H29F3N4O2.C25H24Cl2N4O2/c29-28(30,31)24-11-6-10-22(19-24)27(37)35-17-15-34(16-18-35)25-13-12-23(20-33-25)26(36)32-14-5-4-9-21-7-2-1-3-8-21;26-20-7-8-21(22(27)16-20)25(33)31-14-12-30(13-15-31)23-9-6-19(17-29-23)24(32)28-11-10-18-4-2-1-3-5-18/h1-3,6-8,10-13,19-20H,4-5,9,14-18H2,(H,32,36);1-9,16-17H,10-15H2,(H,28,32). The summed E-state index contributed by atoms with van der Waals surface area (Å²) in [4.78, 5) is 66.6. The van der Waals surface area contributed by atoms with Crippen LogP contribution in [0, 0.1) is 0 Å². The number of pyridine rings is 2. The number of amides is 4. The number of carbonyl (C=O) groups excluding carboxylic acids is 4. The van der Waals surface area contributed by atoms with Crippen molar-refractivity contribution in [1.29, 1.82) is 0 Å². The van der Waals surface area contributed by atoms with Crippen molar-refractivity contribution in [2.24, 2.45) is 0 Å². The van der Waals surface area contributed by atoms with Crippen LogP contribution in [0.15, 0.2) is 140 Å². The minimum absolute atomic E-state index is 0.0248. The number of unbranched alkanes of at least 4 members (excludes halogenated alkanes) is 1. The van der Waals surface area contributed by atoms with Crippen LogP contribution in [0.3, 0.4) is 0 Å². The highest BCUT2D eigenvalue weighted by Gasteiger charge is 2.32. The molecule has 6 aromatic rings. The van der Waals surface area contributed by atoms with Gasteiger partial charge < -0.3 is 30.2 Å². The Morgan fingerprint density at radius 2 is 1.06 bits per heavy atom. The number of benzene rings is 4. The van der Waals surface area contributed by atoms with Gasteiger partial charge in [-0.1, -0.05) is 89.9 Å². The molecule has 0 atom stereocenters. The number of alkyl halides is 3. The first-order valence-corrected chi connectivity index (χ1v) is 23.8. The fraction of sp³-hybridized carbons (Fsp3) is 0.283. The highest BCUT2D eigenvalue weighted by molar-refractivity contribution is 6.36. The van der Waals surface area contributed by atoms with Crippen LogP contribution in [-0.2, 0) is 19.0 Å². The van der Waals surface area contributed by atoms with Crippen molar-refractivity contribution in [2.45, 2.75) is 31.9 Å². The molecule has 4 heterocycles. The molecule has 0 unspecified atom stereocenters. The van der Waals surface area contributed by atoms with Crippen LogP contribution in [0.4, 0.5) is 24.8 Å². The summed E-state index contributed by atoms with van der Waals surface area (Å²) in [5.41, 5.74) is 3.12. The molecule has 4 aromatic carbocycles. The monoisotopic (exact) mass is 992 g/mol. The molecule has 17 heteroatoms. The topological polar surface area (TPSA) is 131 Å². The van der Waals surface area contributed by atoms with Crippen molar-refractivity contribution in [3.05, 3.63) is 189 Å². The first kappa shape index (κ1) is 50.9. The van der Waals surface area contributed by atoms with Gasteiger partial charge in [-0.15, -0.1) is 0 Å². The molecular formula is C53H53Cl2F3N8O4. The third kappa shape index (κ3) is 14.3. The van der Waals surface area contributed by atoms with Crippen molar-refractivity contribution < 1.29 is 32.3 Å². The maximum atomic E-state index is 13.0. The Kier molecular flexibility index (Phi) is 17.8. The van der Waals surface area contributed by atoms with Gasteiger partial charge in [0, 0.05) is 88.4 Å². The minimum Gasteiger partial charge on any atom is -0.353 e. The third-order valence-electron chi connectivity index (χ3n) is 12.0. The van der Waals surface area contributed by atoms with E-state index in [0.29, 0.717) is 98.0 Å². The molecule has 2 aliphatic heterocycles. The number of nitrogens with zero attached hydrogens (tertiary/aromatic N) is 6. The van der Waals surface area contributed by atoms with Crippen LogP contribution in [0.2, 0.25) is 10.0 Å². The minimum atomic E-state index is -4.49. The number of hydrogen-bond donors (Lipinski definition) is 2. The largest absolute Gasteiger partial charge is 0.416 e. The van der Waals surface area contributed by atoms with Crippen molar-refractivity contribution in [3.8, 4) is 0 Å². The summed E-state index contributed by atoms with van der Waals surface area (Å²) in [5, 5.41) is 6.71. The normalized spacial score (nSPS) is 13.8. The Morgan fingerprint density at radius 1 is 0.529 bits per heavy atom. The Hall–Kier alpha value is -6.97. The molecule has 0 saturated carbocycles. The molecular weight excluding hydrogens is 941 g/mol. The van der Waals surface area contributed by atoms with Crippen LogP contribution in [0.5, 0.6) is 0 Å². The summed E-state index contributed by atoms with van der Waals surface area (Å²) < 4.78 is 38.9. The predicted octanol–water partition coefficient (Wildman–Crippen LogP) is 9.14. The molecule has 8 rings (SSSR count). The molecule has 4 amide bonds. The van der Waals surface area contributed by atoms with Gasteiger partial charge in [-0.2, -0.15) is 13.2 Å². The zero-order valence-corrected chi connectivity index (χ0v) is 39.9. The van der Waals surface area contributed by atoms with Crippen molar-refractivity contribution in [1.82, 2.24) is 30.4 Å². The van der Waals surface area contributed by atoms with E-state index in [2.05, 4.69) is 37.6 Å². The fourth-order valence-electron chi connectivity index (χ4n) is 8.01. The number of nitrogens with one attached hydrogen (secondary N) is 2. The average molecular weight is 994 g/mol. The lowest BCUT2D eigenvalue weighted by Crippen LogP contribution is -2.49. The molecule has 2 fully saturated rings. The second kappa shape index (κ2) is 24.5. The van der Waals surface area contributed by atoms with E-state index in [1.807, 2.05) is 59.5 Å². The highest BCUT2D eigenvalue weighted by atomic mass is 35.5. The van der Waals surface area contributed by atoms with E-state index in [9.17, 15) is 32.3 Å². The van der Waals surface area contributed by atoms with E-state index in [-0.39, 0.29) is 23.3 Å². The number of piperazine rings is 2. The highest BCUT2D eigenvalue weighted by Crippen LogP contribution is 2.30. The summed E-state index contributed by atoms with van der Waals surface area (Å²) in [6.07, 6.45) is 2.27. The van der Waals surface area contributed by atoms with Gasteiger partial charge >= 0.3 is 6.18 Å². The van der Waals surface area contributed by atoms with E-state index in [4.69, 9.17) is 23.2 Å². The Morgan fingerprint density at radius 3 is 1.57 bits per heavy atom. The Labute approximate surface area is 415 Å². The number of halogens is 5. The van der Waals surface area contributed by atoms with Gasteiger partial charge in [-0.05, 0) is 97.5 Å². The number of anilines is 2. The van der Waals surface area contributed by atoms with E-state index in [0.717, 1.165) is 43.6 Å². The first-order chi connectivity index (χ1) is 33.8. The van der Waals surface area contributed by atoms with Gasteiger partial charge in [0.15, 0.2) is 0 Å². The summed E-state index contributed by atoms with van der Waals surface area (Å²) in [7, 11) is 0. The first-order valence-electron chi connectivity index (χ1n) is 23.1. The molecule has 2 N–H and O–H groups in total. The lowest BCUT2D eigenvalue weighted by atomic mass is 10.1. The summed E-state index contributed by atoms with van der Waals surface area (Å²) >= 11 is 12.1. The van der Waals surface area contributed by atoms with Crippen LogP contribution in [0.1, 0.15) is 71.0 Å². The van der Waals surface area contributed by atoms with Crippen LogP contribution in [0.25, 0.3) is 0 Å². The smallest absolute Gasteiger partial charge is 0.353 e. The molecule has 0 spiro atoms. The molecule has 0 radical (unpaired) electrons. The lowest BCUT2D eigenvalue weighted by molar-refractivity contribution is -0.137. The molecule has 12 nitrogen and oxygen atoms in total. The van der Waals surface area contributed by atoms with Crippen molar-refractivity contribution >= 4 is 58.5 Å². The molecule has 2 aliphatic rings. The van der Waals surface area contributed by atoms with E-state index in [1.54, 1.807) is 52.4 Å². The Balaban J connectivity index is 0.000000208. The number of aryl methyl sites for hydroxylation is 1. The third-order valence-corrected chi connectivity index (χ3v) is 12.5. The zero-order valence-electron chi connectivity index (χ0n) is 38.4. The lowest BCUT2D eigenvalue weighted by Gasteiger charge is -2.35. The summed E-state index contributed by atoms with van der Waals surface area (Å²) in [6.45, 7) is 5.27. The zero-order chi connectivity index (χ0) is 49.5. The van der Waals surface area contributed by atoms with E-state index in [1.165, 1.54) is 29.5 Å². The molecule has 0 aliphatic carbocycles. The predicted molar refractivity (Wildman–Crippen MR) is 267 cm³/mol. The summed E-state index contributed by atoms with van der Waals surface area (Å²) in [6, 6.07) is 36.8. The molecule has 364 valence electrons. The van der Waals surface area contributed by atoms with Gasteiger partial charge in [0.2, 0.25) is 0 Å². The number of carbonyl (C=O) groups is 4. The quantitative estimate of drug-likeness (QED) is 0.103. The van der Waals surface area contributed by atoms with Crippen LogP contribution in [-0.4, -0.2) is 109 Å². The van der Waals surface area contributed by atoms with Crippen molar-refractivity contribution in [2.75, 3.05) is 75.2 Å². The molecule has 0 bridgehead atoms. The van der Waals surface area contributed by atoms with Crippen LogP contribution >= 0.6 is 23.2 Å². The molecule has 70 heavy (non-hydrogen) atoms. The van der Waals surface area contributed by atoms with E-state index >= 15 is 0 Å².